The monoisotopic (exact) mass is 337 g/mol. The van der Waals surface area contributed by atoms with Crippen LogP contribution in [0.4, 0.5) is 0 Å². The van der Waals surface area contributed by atoms with Gasteiger partial charge in [0.25, 0.3) is 0 Å². The smallest absolute Gasteiger partial charge is 0.241 e. The zero-order valence-electron chi connectivity index (χ0n) is 14.1. The van der Waals surface area contributed by atoms with Gasteiger partial charge in [-0.3, -0.25) is 0 Å². The number of hydrogen-bond acceptors (Lipinski definition) is 4. The lowest BCUT2D eigenvalue weighted by molar-refractivity contribution is 0.154. The molecule has 2 aromatic rings. The van der Waals surface area contributed by atoms with Crippen LogP contribution in [-0.4, -0.2) is 20.1 Å². The van der Waals surface area contributed by atoms with E-state index in [4.69, 9.17) is 4.42 Å². The molecule has 0 spiro atoms. The minimum atomic E-state index is -3.72. The van der Waals surface area contributed by atoms with Crippen LogP contribution < -0.4 is 4.72 Å². The van der Waals surface area contributed by atoms with E-state index in [2.05, 4.69) is 4.72 Å². The van der Waals surface area contributed by atoms with Crippen molar-refractivity contribution in [3.8, 4) is 0 Å². The van der Waals surface area contributed by atoms with Crippen LogP contribution in [0.1, 0.15) is 39.7 Å². The summed E-state index contributed by atoms with van der Waals surface area (Å²) in [6.45, 7) is 9.33. The first-order valence-electron chi connectivity index (χ1n) is 7.45. The summed E-state index contributed by atoms with van der Waals surface area (Å²) >= 11 is 0. The third kappa shape index (κ3) is 3.34. The second-order valence-corrected chi connectivity index (χ2v) is 7.54. The quantitative estimate of drug-likeness (QED) is 0.879. The maximum atomic E-state index is 12.7. The van der Waals surface area contributed by atoms with Gasteiger partial charge in [-0.15, -0.1) is 0 Å². The van der Waals surface area contributed by atoms with E-state index in [-0.39, 0.29) is 6.54 Å². The van der Waals surface area contributed by atoms with Gasteiger partial charge in [-0.2, -0.15) is 0 Å². The summed E-state index contributed by atoms with van der Waals surface area (Å²) < 4.78 is 33.0. The molecule has 5 nitrogen and oxygen atoms in total. The molecule has 23 heavy (non-hydrogen) atoms. The SMILES string of the molecule is Cc1c(C)c(C)c(S(=O)(=O)NCC(O)c2ccco2)c(C)c1C. The number of furan rings is 1. The number of aliphatic hydroxyl groups excluding tert-OH is 1. The molecule has 1 heterocycles. The van der Waals surface area contributed by atoms with E-state index in [0.717, 1.165) is 27.8 Å². The Morgan fingerprint density at radius 2 is 1.57 bits per heavy atom. The van der Waals surface area contributed by atoms with Gasteiger partial charge in [0.1, 0.15) is 11.9 Å². The molecule has 2 N–H and O–H groups in total. The van der Waals surface area contributed by atoms with Crippen LogP contribution in [-0.2, 0) is 10.0 Å². The summed E-state index contributed by atoms with van der Waals surface area (Å²) in [5, 5.41) is 9.99. The summed E-state index contributed by atoms with van der Waals surface area (Å²) in [7, 11) is -3.72. The van der Waals surface area contributed by atoms with Crippen LogP contribution in [0.3, 0.4) is 0 Å². The molecule has 1 unspecified atom stereocenters. The van der Waals surface area contributed by atoms with Crippen molar-refractivity contribution in [1.29, 1.82) is 0 Å². The van der Waals surface area contributed by atoms with Crippen LogP contribution >= 0.6 is 0 Å². The molecule has 0 saturated carbocycles. The Morgan fingerprint density at radius 1 is 1.04 bits per heavy atom. The van der Waals surface area contributed by atoms with Gasteiger partial charge in [0.15, 0.2) is 0 Å². The molecule has 1 atom stereocenters. The lowest BCUT2D eigenvalue weighted by atomic mass is 9.95. The highest BCUT2D eigenvalue weighted by Gasteiger charge is 2.24. The number of hydrogen-bond donors (Lipinski definition) is 2. The molecular weight excluding hydrogens is 314 g/mol. The van der Waals surface area contributed by atoms with E-state index in [0.29, 0.717) is 10.7 Å². The molecule has 1 aromatic carbocycles. The van der Waals surface area contributed by atoms with E-state index >= 15 is 0 Å². The molecule has 0 radical (unpaired) electrons. The highest BCUT2D eigenvalue weighted by atomic mass is 32.2. The van der Waals surface area contributed by atoms with Crippen molar-refractivity contribution in [2.75, 3.05) is 6.54 Å². The molecule has 6 heteroatoms. The third-order valence-electron chi connectivity index (χ3n) is 4.54. The fourth-order valence-electron chi connectivity index (χ4n) is 2.71. The summed E-state index contributed by atoms with van der Waals surface area (Å²) in [4.78, 5) is 0.296. The molecule has 0 aliphatic heterocycles. The predicted octanol–water partition coefficient (Wildman–Crippen LogP) is 2.83. The van der Waals surface area contributed by atoms with Crippen LogP contribution in [0.2, 0.25) is 0 Å². The summed E-state index contributed by atoms with van der Waals surface area (Å²) in [6, 6.07) is 3.25. The second kappa shape index (κ2) is 6.47. The van der Waals surface area contributed by atoms with Crippen molar-refractivity contribution in [3.63, 3.8) is 0 Å². The third-order valence-corrected chi connectivity index (χ3v) is 6.23. The molecule has 0 aliphatic carbocycles. The Labute approximate surface area is 137 Å². The summed E-state index contributed by atoms with van der Waals surface area (Å²) in [5.74, 6) is 0.331. The Morgan fingerprint density at radius 3 is 2.04 bits per heavy atom. The fourth-order valence-corrected chi connectivity index (χ4v) is 4.34. The van der Waals surface area contributed by atoms with E-state index in [1.54, 1.807) is 12.1 Å². The molecule has 0 aliphatic rings. The number of aliphatic hydroxyl groups is 1. The lowest BCUT2D eigenvalue weighted by Crippen LogP contribution is -2.30. The van der Waals surface area contributed by atoms with Crippen LogP contribution in [0, 0.1) is 34.6 Å². The second-order valence-electron chi connectivity index (χ2n) is 5.84. The molecule has 0 bridgehead atoms. The Bertz CT molecular complexity index is 779. The Kier molecular flexibility index (Phi) is 4.98. The van der Waals surface area contributed by atoms with Crippen LogP contribution in [0.25, 0.3) is 0 Å². The topological polar surface area (TPSA) is 79.5 Å². The first-order chi connectivity index (χ1) is 10.7. The maximum absolute atomic E-state index is 12.7. The van der Waals surface area contributed by atoms with Gasteiger partial charge in [-0.05, 0) is 74.6 Å². The first-order valence-corrected chi connectivity index (χ1v) is 8.93. The van der Waals surface area contributed by atoms with Gasteiger partial charge in [-0.1, -0.05) is 0 Å². The predicted molar refractivity (Wildman–Crippen MR) is 89.0 cm³/mol. The van der Waals surface area contributed by atoms with Gasteiger partial charge < -0.3 is 9.52 Å². The molecular formula is C17H23NO4S. The maximum Gasteiger partial charge on any atom is 0.241 e. The van der Waals surface area contributed by atoms with Gasteiger partial charge in [-0.25, -0.2) is 13.1 Å². The van der Waals surface area contributed by atoms with Crippen molar-refractivity contribution >= 4 is 10.0 Å². The normalized spacial score (nSPS) is 13.3. The molecule has 0 fully saturated rings. The van der Waals surface area contributed by atoms with Crippen molar-refractivity contribution in [3.05, 3.63) is 52.0 Å². The standard InChI is InChI=1S/C17H23NO4S/c1-10-11(2)13(4)17(14(5)12(10)3)23(20,21)18-9-15(19)16-7-6-8-22-16/h6-8,15,18-19H,9H2,1-5H3. The van der Waals surface area contributed by atoms with Gasteiger partial charge in [0, 0.05) is 6.54 Å². The van der Waals surface area contributed by atoms with E-state index < -0.39 is 16.1 Å². The average Bonchev–Trinajstić information content (AvgIpc) is 3.03. The molecule has 126 valence electrons. The van der Waals surface area contributed by atoms with E-state index in [1.807, 2.05) is 34.6 Å². The number of sulfonamides is 1. The van der Waals surface area contributed by atoms with Crippen molar-refractivity contribution in [2.45, 2.75) is 45.6 Å². The fraction of sp³-hybridized carbons (Fsp3) is 0.412. The molecule has 0 amide bonds. The van der Waals surface area contributed by atoms with Gasteiger partial charge in [0.2, 0.25) is 10.0 Å². The van der Waals surface area contributed by atoms with Crippen LogP contribution in [0.5, 0.6) is 0 Å². The highest BCUT2D eigenvalue weighted by molar-refractivity contribution is 7.89. The molecule has 0 saturated heterocycles. The number of nitrogens with one attached hydrogen (secondary N) is 1. The number of rotatable bonds is 5. The van der Waals surface area contributed by atoms with Crippen LogP contribution in [0.15, 0.2) is 27.7 Å². The molecule has 2 rings (SSSR count). The largest absolute Gasteiger partial charge is 0.467 e. The Hall–Kier alpha value is -1.63. The molecule has 1 aromatic heterocycles. The zero-order valence-corrected chi connectivity index (χ0v) is 14.9. The lowest BCUT2D eigenvalue weighted by Gasteiger charge is -2.19. The van der Waals surface area contributed by atoms with E-state index in [9.17, 15) is 13.5 Å². The summed E-state index contributed by atoms with van der Waals surface area (Å²) in [6.07, 6.45) is 0.418. The Balaban J connectivity index is 2.34. The summed E-state index contributed by atoms with van der Waals surface area (Å²) in [5.41, 5.74) is 4.53. The van der Waals surface area contributed by atoms with Gasteiger partial charge >= 0.3 is 0 Å². The van der Waals surface area contributed by atoms with Crippen molar-refractivity contribution in [2.24, 2.45) is 0 Å². The average molecular weight is 337 g/mol. The minimum absolute atomic E-state index is 0.138. The zero-order chi connectivity index (χ0) is 17.4. The minimum Gasteiger partial charge on any atom is -0.467 e. The van der Waals surface area contributed by atoms with Gasteiger partial charge in [0.05, 0.1) is 11.2 Å². The van der Waals surface area contributed by atoms with Crippen molar-refractivity contribution < 1.29 is 17.9 Å². The first kappa shape index (κ1) is 17.7. The van der Waals surface area contributed by atoms with Crippen molar-refractivity contribution in [1.82, 2.24) is 4.72 Å². The number of benzene rings is 1. The van der Waals surface area contributed by atoms with E-state index in [1.165, 1.54) is 6.26 Å². The highest BCUT2D eigenvalue weighted by Crippen LogP contribution is 2.29.